The number of nitrogens with zero attached hydrogens (tertiary/aromatic N) is 3. The first-order chi connectivity index (χ1) is 19.9. The fourth-order valence-electron chi connectivity index (χ4n) is 6.66. The van der Waals surface area contributed by atoms with Gasteiger partial charge in [-0.25, -0.2) is 0 Å². The minimum Gasteiger partial charge on any atom is -0.339 e. The van der Waals surface area contributed by atoms with Crippen molar-refractivity contribution in [3.63, 3.8) is 0 Å². The Hall–Kier alpha value is -4.78. The van der Waals surface area contributed by atoms with Gasteiger partial charge >= 0.3 is 0 Å². The largest absolute Gasteiger partial charge is 0.339 e. The molecule has 3 aliphatic rings. The summed E-state index contributed by atoms with van der Waals surface area (Å²) in [7, 11) is 0. The number of benzene rings is 3. The van der Waals surface area contributed by atoms with Gasteiger partial charge in [0.1, 0.15) is 0 Å². The maximum Gasteiger partial charge on any atom is 0.255 e. The molecule has 204 valence electrons. The summed E-state index contributed by atoms with van der Waals surface area (Å²) in [5, 5.41) is 0. The maximum atomic E-state index is 13.6. The van der Waals surface area contributed by atoms with Crippen LogP contribution in [0, 0.1) is 5.41 Å². The Morgan fingerprint density at radius 2 is 1.20 bits per heavy atom. The van der Waals surface area contributed by atoms with Crippen molar-refractivity contribution >= 4 is 23.4 Å². The molecule has 2 amide bonds. The zero-order valence-electron chi connectivity index (χ0n) is 22.6. The molecule has 2 saturated heterocycles. The third kappa shape index (κ3) is 4.20. The van der Waals surface area contributed by atoms with Crippen LogP contribution >= 0.6 is 0 Å². The molecule has 3 aromatic carbocycles. The minimum atomic E-state index is -0.224. The third-order valence-electron chi connectivity index (χ3n) is 9.03. The number of aromatic nitrogens is 1. The molecule has 7 rings (SSSR count). The van der Waals surface area contributed by atoms with Crippen molar-refractivity contribution in [1.29, 1.82) is 0 Å². The summed E-state index contributed by atoms with van der Waals surface area (Å²) < 4.78 is 1.96. The molecule has 1 aromatic heterocycles. The topological polar surface area (TPSA) is 79.7 Å². The van der Waals surface area contributed by atoms with Crippen molar-refractivity contribution in [3.8, 4) is 5.69 Å². The number of likely N-dealkylation sites (tertiary alicyclic amines) is 2. The SMILES string of the molecule is O=C1c2ccccc2C(=O)c2cc(C(=O)N3CCC4(CCN(C(=O)c5ccccc5-n5cccc5)CC4)C3)ccc21. The molecule has 3 heterocycles. The fraction of sp³-hybridized carbons (Fsp3) is 0.235. The maximum absolute atomic E-state index is 13.6. The number of piperidine rings is 1. The highest BCUT2D eigenvalue weighted by atomic mass is 16.2. The lowest BCUT2D eigenvalue weighted by atomic mass is 9.77. The lowest BCUT2D eigenvalue weighted by molar-refractivity contribution is 0.0565. The molecule has 2 aliphatic heterocycles. The van der Waals surface area contributed by atoms with E-state index in [1.54, 1.807) is 42.5 Å². The van der Waals surface area contributed by atoms with E-state index in [4.69, 9.17) is 0 Å². The molecule has 7 nitrogen and oxygen atoms in total. The van der Waals surface area contributed by atoms with Gasteiger partial charge in [-0.3, -0.25) is 19.2 Å². The molecule has 0 saturated carbocycles. The van der Waals surface area contributed by atoms with Crippen LogP contribution in [0.1, 0.15) is 71.8 Å². The predicted molar refractivity (Wildman–Crippen MR) is 154 cm³/mol. The highest BCUT2D eigenvalue weighted by molar-refractivity contribution is 6.28. The molecular formula is C34H29N3O4. The second-order valence-corrected chi connectivity index (χ2v) is 11.3. The lowest BCUT2D eigenvalue weighted by Gasteiger charge is -2.39. The number of carbonyl (C=O) groups is 4. The Morgan fingerprint density at radius 1 is 0.610 bits per heavy atom. The summed E-state index contributed by atoms with van der Waals surface area (Å²) in [6, 6.07) is 23.2. The molecule has 0 radical (unpaired) electrons. The predicted octanol–water partition coefficient (Wildman–Crippen LogP) is 5.02. The van der Waals surface area contributed by atoms with E-state index in [-0.39, 0.29) is 28.8 Å². The van der Waals surface area contributed by atoms with Crippen LogP contribution in [0.25, 0.3) is 5.69 Å². The van der Waals surface area contributed by atoms with E-state index < -0.39 is 0 Å². The van der Waals surface area contributed by atoms with E-state index in [0.29, 0.717) is 59.6 Å². The molecule has 1 aliphatic carbocycles. The molecule has 0 N–H and O–H groups in total. The van der Waals surface area contributed by atoms with E-state index in [0.717, 1.165) is 24.9 Å². The van der Waals surface area contributed by atoms with Gasteiger partial charge < -0.3 is 14.4 Å². The van der Waals surface area contributed by atoms with Gasteiger partial charge in [-0.05, 0) is 67.1 Å². The molecule has 0 bridgehead atoms. The quantitative estimate of drug-likeness (QED) is 0.320. The molecular weight excluding hydrogens is 514 g/mol. The number of para-hydroxylation sites is 1. The van der Waals surface area contributed by atoms with Crippen LogP contribution in [0.4, 0.5) is 0 Å². The van der Waals surface area contributed by atoms with Gasteiger partial charge in [-0.2, -0.15) is 0 Å². The Morgan fingerprint density at radius 3 is 1.90 bits per heavy atom. The van der Waals surface area contributed by atoms with Crippen LogP contribution in [-0.2, 0) is 0 Å². The average Bonchev–Trinajstić information content (AvgIpc) is 3.71. The number of fused-ring (bicyclic) bond motifs is 2. The summed E-state index contributed by atoms with van der Waals surface area (Å²) in [5.41, 5.74) is 3.39. The number of ketones is 2. The number of rotatable bonds is 3. The number of hydrogen-bond acceptors (Lipinski definition) is 4. The van der Waals surface area contributed by atoms with Gasteiger partial charge in [0.15, 0.2) is 11.6 Å². The van der Waals surface area contributed by atoms with Crippen LogP contribution in [0.2, 0.25) is 0 Å². The third-order valence-corrected chi connectivity index (χ3v) is 9.03. The first-order valence-electron chi connectivity index (χ1n) is 14.1. The van der Waals surface area contributed by atoms with Gasteiger partial charge in [-0.1, -0.05) is 36.4 Å². The standard InChI is InChI=1S/C34H29N3O4/c38-30-24-7-1-2-8-25(24)31(39)28-21-23(11-12-26(28)30)32(40)37-20-15-34(22-37)13-18-36(19-14-34)33(41)27-9-3-4-10-29(27)35-16-5-6-17-35/h1-12,16-17,21H,13-15,18-20,22H2. The van der Waals surface area contributed by atoms with Crippen LogP contribution in [0.3, 0.4) is 0 Å². The van der Waals surface area contributed by atoms with E-state index in [1.807, 2.05) is 63.2 Å². The smallest absolute Gasteiger partial charge is 0.255 e. The summed E-state index contributed by atoms with van der Waals surface area (Å²) >= 11 is 0. The molecule has 2 fully saturated rings. The number of carbonyl (C=O) groups excluding carboxylic acids is 4. The van der Waals surface area contributed by atoms with Crippen molar-refractivity contribution in [1.82, 2.24) is 14.4 Å². The first-order valence-corrected chi connectivity index (χ1v) is 14.1. The van der Waals surface area contributed by atoms with Crippen LogP contribution in [0.5, 0.6) is 0 Å². The molecule has 1 spiro atoms. The monoisotopic (exact) mass is 543 g/mol. The van der Waals surface area contributed by atoms with Crippen LogP contribution < -0.4 is 0 Å². The van der Waals surface area contributed by atoms with Crippen molar-refractivity contribution in [2.24, 2.45) is 5.41 Å². The van der Waals surface area contributed by atoms with Crippen molar-refractivity contribution < 1.29 is 19.2 Å². The lowest BCUT2D eigenvalue weighted by Crippen LogP contribution is -2.45. The summed E-state index contributed by atoms with van der Waals surface area (Å²) in [6.07, 6.45) is 6.44. The molecule has 41 heavy (non-hydrogen) atoms. The minimum absolute atomic E-state index is 0.0225. The first kappa shape index (κ1) is 25.2. The van der Waals surface area contributed by atoms with E-state index >= 15 is 0 Å². The van der Waals surface area contributed by atoms with E-state index in [2.05, 4.69) is 0 Å². The zero-order valence-corrected chi connectivity index (χ0v) is 22.6. The Bertz CT molecular complexity index is 1710. The van der Waals surface area contributed by atoms with Gasteiger partial charge in [0.2, 0.25) is 0 Å². The van der Waals surface area contributed by atoms with Gasteiger partial charge in [-0.15, -0.1) is 0 Å². The Labute approximate surface area is 238 Å². The number of hydrogen-bond donors (Lipinski definition) is 0. The highest BCUT2D eigenvalue weighted by Gasteiger charge is 2.43. The second kappa shape index (κ2) is 9.70. The fourth-order valence-corrected chi connectivity index (χ4v) is 6.66. The van der Waals surface area contributed by atoms with Crippen LogP contribution in [0.15, 0.2) is 91.3 Å². The normalized spacial score (nSPS) is 17.5. The average molecular weight is 544 g/mol. The highest BCUT2D eigenvalue weighted by Crippen LogP contribution is 2.41. The van der Waals surface area contributed by atoms with Crippen molar-refractivity contribution in [2.45, 2.75) is 19.3 Å². The molecule has 4 aromatic rings. The van der Waals surface area contributed by atoms with Crippen LogP contribution in [-0.4, -0.2) is 63.9 Å². The van der Waals surface area contributed by atoms with Gasteiger partial charge in [0.25, 0.3) is 11.8 Å². The van der Waals surface area contributed by atoms with Gasteiger partial charge in [0.05, 0.1) is 11.3 Å². The summed E-state index contributed by atoms with van der Waals surface area (Å²) in [4.78, 5) is 57.0. The Balaban J connectivity index is 1.04. The summed E-state index contributed by atoms with van der Waals surface area (Å²) in [6.45, 7) is 2.56. The molecule has 0 atom stereocenters. The Kier molecular flexibility index (Phi) is 5.96. The van der Waals surface area contributed by atoms with E-state index in [1.165, 1.54) is 0 Å². The molecule has 0 unspecified atom stereocenters. The van der Waals surface area contributed by atoms with E-state index in [9.17, 15) is 19.2 Å². The number of amides is 2. The zero-order chi connectivity index (χ0) is 28.1. The molecule has 7 heteroatoms. The second-order valence-electron chi connectivity index (χ2n) is 11.3. The summed E-state index contributed by atoms with van der Waals surface area (Å²) in [5.74, 6) is -0.502. The van der Waals surface area contributed by atoms with Crippen molar-refractivity contribution in [2.75, 3.05) is 26.2 Å². The van der Waals surface area contributed by atoms with Gasteiger partial charge in [0, 0.05) is 66.4 Å². The van der Waals surface area contributed by atoms with Crippen molar-refractivity contribution in [3.05, 3.63) is 125 Å².